The summed E-state index contributed by atoms with van der Waals surface area (Å²) >= 11 is 0. The minimum Gasteiger partial charge on any atom is -0.497 e. The van der Waals surface area contributed by atoms with Gasteiger partial charge in [-0.2, -0.15) is 0 Å². The van der Waals surface area contributed by atoms with Crippen LogP contribution in [0.25, 0.3) is 11.3 Å². The second-order valence-electron chi connectivity index (χ2n) is 8.15. The summed E-state index contributed by atoms with van der Waals surface area (Å²) in [6.45, 7) is 1.17. The lowest BCUT2D eigenvalue weighted by Gasteiger charge is -2.32. The van der Waals surface area contributed by atoms with Crippen LogP contribution in [0.15, 0.2) is 73.6 Å². The second kappa shape index (κ2) is 10.3. The van der Waals surface area contributed by atoms with Crippen LogP contribution in [0.4, 0.5) is 0 Å². The molecule has 0 saturated carbocycles. The number of methoxy groups -OCH3 is 1. The zero-order valence-corrected chi connectivity index (χ0v) is 19.2. The summed E-state index contributed by atoms with van der Waals surface area (Å²) in [5, 5.41) is 0. The molecule has 0 spiro atoms. The number of piperidine rings is 1. The predicted octanol–water partition coefficient (Wildman–Crippen LogP) is 4.15. The van der Waals surface area contributed by atoms with E-state index in [2.05, 4.69) is 24.9 Å². The molecule has 1 fully saturated rings. The first-order valence-corrected chi connectivity index (χ1v) is 11.4. The first-order valence-electron chi connectivity index (χ1n) is 11.4. The van der Waals surface area contributed by atoms with Gasteiger partial charge in [-0.3, -0.25) is 9.78 Å². The van der Waals surface area contributed by atoms with Gasteiger partial charge in [0.25, 0.3) is 5.91 Å². The number of amides is 1. The third kappa shape index (κ3) is 5.08. The minimum absolute atomic E-state index is 0.000328. The number of hydrogen-bond donors (Lipinski definition) is 0. The molecule has 0 bridgehead atoms. The summed E-state index contributed by atoms with van der Waals surface area (Å²) in [4.78, 5) is 36.8. The molecule has 176 valence electrons. The molecule has 1 saturated heterocycles. The fraction of sp³-hybridized carbons (Fsp3) is 0.231. The van der Waals surface area contributed by atoms with E-state index in [0.29, 0.717) is 36.1 Å². The van der Waals surface area contributed by atoms with Crippen LogP contribution in [0.1, 0.15) is 34.9 Å². The highest BCUT2D eigenvalue weighted by molar-refractivity contribution is 5.93. The normalized spacial score (nSPS) is 15.5. The SMILES string of the molecule is COc1ccc(Oc2nccnc2[C@H]2CCCN(C(=O)c3cccc(-c4cncnc4)n3)C2)cc1. The molecule has 9 heteroatoms. The molecule has 1 atom stereocenters. The number of pyridine rings is 1. The van der Waals surface area contributed by atoms with E-state index in [1.807, 2.05) is 41.3 Å². The molecular weight excluding hydrogens is 444 g/mol. The van der Waals surface area contributed by atoms with Crippen LogP contribution in [0.5, 0.6) is 17.4 Å². The summed E-state index contributed by atoms with van der Waals surface area (Å²) in [7, 11) is 1.62. The average Bonchev–Trinajstić information content (AvgIpc) is 2.94. The second-order valence-corrected chi connectivity index (χ2v) is 8.15. The predicted molar refractivity (Wildman–Crippen MR) is 128 cm³/mol. The maximum Gasteiger partial charge on any atom is 0.272 e. The van der Waals surface area contributed by atoms with Crippen LogP contribution in [0, 0.1) is 0 Å². The van der Waals surface area contributed by atoms with Crippen molar-refractivity contribution in [1.82, 2.24) is 29.8 Å². The Balaban J connectivity index is 1.34. The summed E-state index contributed by atoms with van der Waals surface area (Å²) in [6.07, 6.45) is 9.82. The van der Waals surface area contributed by atoms with Crippen molar-refractivity contribution in [3.05, 3.63) is 85.0 Å². The third-order valence-electron chi connectivity index (χ3n) is 5.89. The maximum absolute atomic E-state index is 13.3. The van der Waals surface area contributed by atoms with Gasteiger partial charge in [-0.05, 0) is 49.2 Å². The molecule has 1 aromatic carbocycles. The maximum atomic E-state index is 13.3. The number of hydrogen-bond acceptors (Lipinski definition) is 8. The Labute approximate surface area is 202 Å². The molecule has 0 N–H and O–H groups in total. The number of aromatic nitrogens is 5. The Morgan fingerprint density at radius 3 is 2.57 bits per heavy atom. The van der Waals surface area contributed by atoms with Crippen LogP contribution in [0.2, 0.25) is 0 Å². The number of rotatable bonds is 6. The first-order chi connectivity index (χ1) is 17.2. The molecule has 1 aliphatic rings. The Bertz CT molecular complexity index is 1300. The molecule has 0 unspecified atom stereocenters. The van der Waals surface area contributed by atoms with Gasteiger partial charge in [-0.1, -0.05) is 6.07 Å². The third-order valence-corrected chi connectivity index (χ3v) is 5.89. The van der Waals surface area contributed by atoms with Gasteiger partial charge in [0.1, 0.15) is 29.2 Å². The Morgan fingerprint density at radius 1 is 1.00 bits per heavy atom. The van der Waals surface area contributed by atoms with Crippen LogP contribution < -0.4 is 9.47 Å². The lowest BCUT2D eigenvalue weighted by Crippen LogP contribution is -2.39. The van der Waals surface area contributed by atoms with Crippen molar-refractivity contribution in [3.8, 4) is 28.6 Å². The molecule has 3 aromatic heterocycles. The standard InChI is InChI=1S/C26H24N6O3/c1-34-20-7-9-21(10-8-20)35-25-24(29-11-12-30-25)18-4-3-13-32(16-18)26(33)23-6-2-5-22(31-23)19-14-27-17-28-15-19/h2,5-12,14-15,17-18H,3-4,13,16H2,1H3/t18-/m0/s1. The van der Waals surface area contributed by atoms with E-state index in [-0.39, 0.29) is 11.8 Å². The van der Waals surface area contributed by atoms with Gasteiger partial charge in [0.15, 0.2) is 0 Å². The summed E-state index contributed by atoms with van der Waals surface area (Å²) in [6, 6.07) is 12.7. The van der Waals surface area contributed by atoms with Gasteiger partial charge in [-0.15, -0.1) is 0 Å². The molecule has 4 aromatic rings. The summed E-state index contributed by atoms with van der Waals surface area (Å²) in [5.41, 5.74) is 2.55. The minimum atomic E-state index is -0.116. The summed E-state index contributed by atoms with van der Waals surface area (Å²) in [5.74, 6) is 1.72. The zero-order chi connectivity index (χ0) is 24.0. The van der Waals surface area contributed by atoms with E-state index in [9.17, 15) is 4.79 Å². The van der Waals surface area contributed by atoms with Gasteiger partial charge >= 0.3 is 0 Å². The Morgan fingerprint density at radius 2 is 1.77 bits per heavy atom. The fourth-order valence-corrected chi connectivity index (χ4v) is 4.14. The van der Waals surface area contributed by atoms with E-state index < -0.39 is 0 Å². The monoisotopic (exact) mass is 468 g/mol. The molecule has 0 aliphatic carbocycles. The van der Waals surface area contributed by atoms with E-state index in [0.717, 1.165) is 29.8 Å². The van der Waals surface area contributed by atoms with Gasteiger partial charge in [-0.25, -0.2) is 19.9 Å². The van der Waals surface area contributed by atoms with Gasteiger partial charge < -0.3 is 14.4 Å². The molecular formula is C26H24N6O3. The van der Waals surface area contributed by atoms with Crippen molar-refractivity contribution in [1.29, 1.82) is 0 Å². The van der Waals surface area contributed by atoms with E-state index in [1.54, 1.807) is 38.0 Å². The molecule has 1 aliphatic heterocycles. The number of likely N-dealkylation sites (tertiary alicyclic amines) is 1. The largest absolute Gasteiger partial charge is 0.497 e. The van der Waals surface area contributed by atoms with Crippen LogP contribution >= 0.6 is 0 Å². The molecule has 1 amide bonds. The lowest BCUT2D eigenvalue weighted by atomic mass is 9.94. The van der Waals surface area contributed by atoms with E-state index in [4.69, 9.17) is 9.47 Å². The lowest BCUT2D eigenvalue weighted by molar-refractivity contribution is 0.0699. The number of benzene rings is 1. The highest BCUT2D eigenvalue weighted by Gasteiger charge is 2.29. The summed E-state index contributed by atoms with van der Waals surface area (Å²) < 4.78 is 11.3. The van der Waals surface area contributed by atoms with Gasteiger partial charge in [0.05, 0.1) is 12.8 Å². The van der Waals surface area contributed by atoms with Crippen LogP contribution in [-0.2, 0) is 0 Å². The zero-order valence-electron chi connectivity index (χ0n) is 19.2. The molecule has 5 rings (SSSR count). The van der Waals surface area contributed by atoms with E-state index in [1.165, 1.54) is 6.33 Å². The van der Waals surface area contributed by atoms with Crippen molar-refractivity contribution >= 4 is 5.91 Å². The molecule has 4 heterocycles. The number of nitrogens with zero attached hydrogens (tertiary/aromatic N) is 6. The van der Waals surface area contributed by atoms with Crippen molar-refractivity contribution in [2.24, 2.45) is 0 Å². The number of carbonyl (C=O) groups excluding carboxylic acids is 1. The Kier molecular flexibility index (Phi) is 6.56. The molecule has 0 radical (unpaired) electrons. The highest BCUT2D eigenvalue weighted by Crippen LogP contribution is 2.33. The van der Waals surface area contributed by atoms with Crippen molar-refractivity contribution < 1.29 is 14.3 Å². The number of ether oxygens (including phenoxy) is 2. The van der Waals surface area contributed by atoms with Crippen molar-refractivity contribution in [2.45, 2.75) is 18.8 Å². The Hall–Kier alpha value is -4.40. The van der Waals surface area contributed by atoms with Crippen LogP contribution in [-0.4, -0.2) is 55.9 Å². The molecule has 9 nitrogen and oxygen atoms in total. The highest BCUT2D eigenvalue weighted by atomic mass is 16.5. The van der Waals surface area contributed by atoms with Gasteiger partial charge in [0.2, 0.25) is 5.88 Å². The van der Waals surface area contributed by atoms with Crippen LogP contribution in [0.3, 0.4) is 0 Å². The molecule has 35 heavy (non-hydrogen) atoms. The fourth-order valence-electron chi connectivity index (χ4n) is 4.14. The van der Waals surface area contributed by atoms with Crippen molar-refractivity contribution in [3.63, 3.8) is 0 Å². The van der Waals surface area contributed by atoms with Crippen molar-refractivity contribution in [2.75, 3.05) is 20.2 Å². The first kappa shape index (κ1) is 22.4. The quantitative estimate of drug-likeness (QED) is 0.416. The van der Waals surface area contributed by atoms with E-state index >= 15 is 0 Å². The number of carbonyl (C=O) groups is 1. The topological polar surface area (TPSA) is 103 Å². The van der Waals surface area contributed by atoms with Gasteiger partial charge in [0, 0.05) is 49.4 Å². The average molecular weight is 469 g/mol. The smallest absolute Gasteiger partial charge is 0.272 e.